The second-order valence-corrected chi connectivity index (χ2v) is 4.49. The zero-order valence-corrected chi connectivity index (χ0v) is 10.2. The van der Waals surface area contributed by atoms with Crippen molar-refractivity contribution in [2.24, 2.45) is 11.5 Å². The first-order chi connectivity index (χ1) is 6.65. The first-order valence-corrected chi connectivity index (χ1v) is 5.73. The van der Waals surface area contributed by atoms with Gasteiger partial charge in [0.15, 0.2) is 0 Å². The number of rotatable bonds is 4. The predicted octanol–water partition coefficient (Wildman–Crippen LogP) is 2.84. The van der Waals surface area contributed by atoms with Gasteiger partial charge >= 0.3 is 0 Å². The minimum absolute atomic E-state index is 0.0326. The Labute approximate surface area is 97.7 Å². The molecule has 0 unspecified atom stereocenters. The summed E-state index contributed by atoms with van der Waals surface area (Å²) in [5, 5.41) is 0.714. The van der Waals surface area contributed by atoms with Gasteiger partial charge < -0.3 is 11.5 Å². The Hall–Kier alpha value is -0.0900. The van der Waals surface area contributed by atoms with Crippen LogP contribution in [-0.4, -0.2) is 6.54 Å². The average molecular weight is 278 g/mol. The largest absolute Gasteiger partial charge is 0.330 e. The lowest BCUT2D eigenvalue weighted by molar-refractivity contribution is 0.616. The molecule has 0 aliphatic carbocycles. The average Bonchev–Trinajstić information content (AvgIpc) is 2.14. The number of hydrogen-bond acceptors (Lipinski definition) is 2. The highest BCUT2D eigenvalue weighted by Crippen LogP contribution is 2.27. The first-order valence-electron chi connectivity index (χ1n) is 4.55. The van der Waals surface area contributed by atoms with E-state index in [1.807, 2.05) is 18.2 Å². The Balaban J connectivity index is 2.74. The van der Waals surface area contributed by atoms with Crippen LogP contribution in [0.5, 0.6) is 0 Å². The molecule has 0 saturated heterocycles. The molecule has 14 heavy (non-hydrogen) atoms. The lowest BCUT2D eigenvalue weighted by Crippen LogP contribution is -2.13. The number of halogens is 2. The lowest BCUT2D eigenvalue weighted by Gasteiger charge is -2.13. The van der Waals surface area contributed by atoms with E-state index in [4.69, 9.17) is 23.1 Å². The molecule has 1 atom stereocenters. The van der Waals surface area contributed by atoms with Crippen LogP contribution in [0.15, 0.2) is 22.7 Å². The van der Waals surface area contributed by atoms with Crippen LogP contribution >= 0.6 is 27.5 Å². The van der Waals surface area contributed by atoms with Gasteiger partial charge in [0.1, 0.15) is 0 Å². The Morgan fingerprint density at radius 1 is 1.43 bits per heavy atom. The third kappa shape index (κ3) is 3.24. The molecule has 0 heterocycles. The summed E-state index contributed by atoms with van der Waals surface area (Å²) in [5.74, 6) is 0. The molecule has 0 aromatic heterocycles. The topological polar surface area (TPSA) is 52.0 Å². The molecule has 1 aromatic carbocycles. The molecule has 0 saturated carbocycles. The van der Waals surface area contributed by atoms with Crippen LogP contribution in [0.3, 0.4) is 0 Å². The standard InChI is InChI=1S/C10H14BrClN2/c11-9-6-7(12)3-4-8(9)10(14)2-1-5-13/h3-4,6,10H,1-2,5,13-14H2/t10-/m1/s1. The summed E-state index contributed by atoms with van der Waals surface area (Å²) in [6.07, 6.45) is 1.84. The van der Waals surface area contributed by atoms with Crippen molar-refractivity contribution >= 4 is 27.5 Å². The monoisotopic (exact) mass is 276 g/mol. The van der Waals surface area contributed by atoms with Gasteiger partial charge in [0.2, 0.25) is 0 Å². The third-order valence-electron chi connectivity index (χ3n) is 2.08. The van der Waals surface area contributed by atoms with Gasteiger partial charge in [-0.15, -0.1) is 0 Å². The fourth-order valence-corrected chi connectivity index (χ4v) is 2.27. The Morgan fingerprint density at radius 2 is 2.14 bits per heavy atom. The molecular weight excluding hydrogens is 263 g/mol. The molecular formula is C10H14BrClN2. The molecule has 4 N–H and O–H groups in total. The maximum atomic E-state index is 6.00. The van der Waals surface area contributed by atoms with Gasteiger partial charge in [-0.25, -0.2) is 0 Å². The van der Waals surface area contributed by atoms with E-state index in [2.05, 4.69) is 15.9 Å². The number of hydrogen-bond donors (Lipinski definition) is 2. The van der Waals surface area contributed by atoms with Crippen molar-refractivity contribution in [3.63, 3.8) is 0 Å². The Bertz CT molecular complexity index is 304. The van der Waals surface area contributed by atoms with E-state index in [-0.39, 0.29) is 6.04 Å². The molecule has 0 spiro atoms. The highest BCUT2D eigenvalue weighted by atomic mass is 79.9. The van der Waals surface area contributed by atoms with Crippen LogP contribution in [0.2, 0.25) is 5.02 Å². The molecule has 0 aliphatic rings. The summed E-state index contributed by atoms with van der Waals surface area (Å²) < 4.78 is 0.967. The van der Waals surface area contributed by atoms with Crippen LogP contribution in [-0.2, 0) is 0 Å². The molecule has 2 nitrogen and oxygen atoms in total. The van der Waals surface area contributed by atoms with Crippen molar-refractivity contribution in [2.75, 3.05) is 6.54 Å². The summed E-state index contributed by atoms with van der Waals surface area (Å²) in [6.45, 7) is 0.679. The molecule has 78 valence electrons. The molecule has 0 aliphatic heterocycles. The van der Waals surface area contributed by atoms with Gasteiger partial charge in [0, 0.05) is 15.5 Å². The van der Waals surface area contributed by atoms with Gasteiger partial charge in [-0.1, -0.05) is 33.6 Å². The van der Waals surface area contributed by atoms with Crippen molar-refractivity contribution in [3.05, 3.63) is 33.3 Å². The maximum absolute atomic E-state index is 6.00. The van der Waals surface area contributed by atoms with Crippen LogP contribution in [0.25, 0.3) is 0 Å². The molecule has 0 bridgehead atoms. The fourth-order valence-electron chi connectivity index (χ4n) is 1.30. The second-order valence-electron chi connectivity index (χ2n) is 3.20. The number of nitrogens with two attached hydrogens (primary N) is 2. The number of benzene rings is 1. The maximum Gasteiger partial charge on any atom is 0.0417 e. The molecule has 0 radical (unpaired) electrons. The zero-order chi connectivity index (χ0) is 10.6. The molecule has 1 aromatic rings. The third-order valence-corrected chi connectivity index (χ3v) is 3.00. The van der Waals surface area contributed by atoms with Crippen LogP contribution in [0, 0.1) is 0 Å². The fraction of sp³-hybridized carbons (Fsp3) is 0.400. The quantitative estimate of drug-likeness (QED) is 0.889. The second kappa shape index (κ2) is 5.71. The van der Waals surface area contributed by atoms with Crippen LogP contribution < -0.4 is 11.5 Å². The van der Waals surface area contributed by atoms with Gasteiger partial charge in [-0.05, 0) is 37.1 Å². The predicted molar refractivity (Wildman–Crippen MR) is 64.4 cm³/mol. The SMILES string of the molecule is NCCC[C@@H](N)c1ccc(Cl)cc1Br. The highest BCUT2D eigenvalue weighted by molar-refractivity contribution is 9.10. The first kappa shape index (κ1) is 12.0. The summed E-state index contributed by atoms with van der Waals surface area (Å²) in [5.41, 5.74) is 12.5. The van der Waals surface area contributed by atoms with Gasteiger partial charge in [0.25, 0.3) is 0 Å². The minimum atomic E-state index is 0.0326. The zero-order valence-electron chi connectivity index (χ0n) is 7.84. The van der Waals surface area contributed by atoms with E-state index in [1.165, 1.54) is 0 Å². The summed E-state index contributed by atoms with van der Waals surface area (Å²) in [7, 11) is 0. The van der Waals surface area contributed by atoms with Crippen molar-refractivity contribution in [1.29, 1.82) is 0 Å². The van der Waals surface area contributed by atoms with E-state index < -0.39 is 0 Å². The van der Waals surface area contributed by atoms with E-state index >= 15 is 0 Å². The molecule has 0 amide bonds. The Kier molecular flexibility index (Phi) is 4.89. The normalized spacial score (nSPS) is 12.9. The minimum Gasteiger partial charge on any atom is -0.330 e. The lowest BCUT2D eigenvalue weighted by atomic mass is 10.0. The smallest absolute Gasteiger partial charge is 0.0417 e. The Morgan fingerprint density at radius 3 is 2.71 bits per heavy atom. The van der Waals surface area contributed by atoms with E-state index in [1.54, 1.807) is 0 Å². The van der Waals surface area contributed by atoms with Crippen molar-refractivity contribution < 1.29 is 0 Å². The van der Waals surface area contributed by atoms with Crippen LogP contribution in [0.4, 0.5) is 0 Å². The van der Waals surface area contributed by atoms with Crippen molar-refractivity contribution in [3.8, 4) is 0 Å². The summed E-state index contributed by atoms with van der Waals surface area (Å²) in [6, 6.07) is 5.70. The van der Waals surface area contributed by atoms with Crippen molar-refractivity contribution in [2.45, 2.75) is 18.9 Å². The van der Waals surface area contributed by atoms with E-state index in [9.17, 15) is 0 Å². The molecule has 0 fully saturated rings. The van der Waals surface area contributed by atoms with E-state index in [0.29, 0.717) is 11.6 Å². The molecule has 1 rings (SSSR count). The molecule has 4 heteroatoms. The van der Waals surface area contributed by atoms with Gasteiger partial charge in [0.05, 0.1) is 0 Å². The summed E-state index contributed by atoms with van der Waals surface area (Å²) >= 11 is 9.28. The highest BCUT2D eigenvalue weighted by Gasteiger charge is 2.09. The van der Waals surface area contributed by atoms with E-state index in [0.717, 1.165) is 22.9 Å². The summed E-state index contributed by atoms with van der Waals surface area (Å²) in [4.78, 5) is 0. The van der Waals surface area contributed by atoms with Gasteiger partial charge in [-0.2, -0.15) is 0 Å². The van der Waals surface area contributed by atoms with Gasteiger partial charge in [-0.3, -0.25) is 0 Å². The van der Waals surface area contributed by atoms with Crippen LogP contribution in [0.1, 0.15) is 24.4 Å². The van der Waals surface area contributed by atoms with Crippen molar-refractivity contribution in [1.82, 2.24) is 0 Å².